The molecule has 0 bridgehead atoms. The van der Waals surface area contributed by atoms with Gasteiger partial charge in [-0.25, -0.2) is 17.9 Å². The molecule has 0 unspecified atom stereocenters. The molecule has 0 radical (unpaired) electrons. The molecule has 0 aromatic heterocycles. The van der Waals surface area contributed by atoms with E-state index in [9.17, 15) is 13.2 Å². The van der Waals surface area contributed by atoms with Gasteiger partial charge in [0.1, 0.15) is 5.60 Å². The second-order valence-corrected chi connectivity index (χ2v) is 8.79. The molecule has 1 heterocycles. The second-order valence-electron chi connectivity index (χ2n) is 7.02. The van der Waals surface area contributed by atoms with Crippen molar-refractivity contribution in [2.75, 3.05) is 39.3 Å². The highest BCUT2D eigenvalue weighted by atomic mass is 32.2. The van der Waals surface area contributed by atoms with Gasteiger partial charge in [0.25, 0.3) is 0 Å². The molecule has 1 saturated heterocycles. The highest BCUT2D eigenvalue weighted by molar-refractivity contribution is 7.89. The van der Waals surface area contributed by atoms with Gasteiger partial charge in [0.15, 0.2) is 0 Å². The first-order chi connectivity index (χ1) is 11.7. The lowest BCUT2D eigenvalue weighted by molar-refractivity contribution is 0.0147. The molecule has 0 atom stereocenters. The summed E-state index contributed by atoms with van der Waals surface area (Å²) >= 11 is 0. The van der Waals surface area contributed by atoms with Crippen molar-refractivity contribution in [1.29, 1.82) is 0 Å². The fourth-order valence-corrected chi connectivity index (χ4v) is 3.54. The van der Waals surface area contributed by atoms with Crippen molar-refractivity contribution >= 4 is 16.1 Å². The molecule has 1 aliphatic rings. The van der Waals surface area contributed by atoms with E-state index in [1.54, 1.807) is 35.2 Å². The Balaban J connectivity index is 1.73. The Hall–Kier alpha value is -1.64. The van der Waals surface area contributed by atoms with Gasteiger partial charge in [0, 0.05) is 39.3 Å². The minimum atomic E-state index is -3.47. The standard InChI is InChI=1S/C17H27N3O4S/c1-17(2,3)24-16(21)20-13-11-19(12-14-20)10-9-18-25(22,23)15-7-5-4-6-8-15/h4-8,18H,9-14H2,1-3H3. The van der Waals surface area contributed by atoms with Gasteiger partial charge in [-0.2, -0.15) is 0 Å². The number of carbonyl (C=O) groups excluding carboxylic acids is 1. The van der Waals surface area contributed by atoms with Gasteiger partial charge >= 0.3 is 6.09 Å². The highest BCUT2D eigenvalue weighted by Crippen LogP contribution is 2.12. The molecule has 0 spiro atoms. The summed E-state index contributed by atoms with van der Waals surface area (Å²) in [6.45, 7) is 9.05. The van der Waals surface area contributed by atoms with Crippen molar-refractivity contribution in [3.8, 4) is 0 Å². The fourth-order valence-electron chi connectivity index (χ4n) is 2.50. The van der Waals surface area contributed by atoms with Gasteiger partial charge in [-0.05, 0) is 32.9 Å². The number of hydrogen-bond donors (Lipinski definition) is 1. The second kappa shape index (κ2) is 8.16. The number of hydrogen-bond acceptors (Lipinski definition) is 5. The lowest BCUT2D eigenvalue weighted by Crippen LogP contribution is -2.51. The molecule has 1 aliphatic heterocycles. The molecule has 2 rings (SSSR count). The van der Waals surface area contributed by atoms with Gasteiger partial charge in [-0.3, -0.25) is 4.90 Å². The number of benzene rings is 1. The Labute approximate surface area is 150 Å². The molecule has 140 valence electrons. The van der Waals surface area contributed by atoms with Gasteiger partial charge in [0.2, 0.25) is 10.0 Å². The van der Waals surface area contributed by atoms with E-state index in [4.69, 9.17) is 4.74 Å². The minimum absolute atomic E-state index is 0.268. The Kier molecular flexibility index (Phi) is 6.42. The third kappa shape index (κ3) is 6.30. The van der Waals surface area contributed by atoms with E-state index in [0.29, 0.717) is 39.3 Å². The maximum Gasteiger partial charge on any atom is 0.410 e. The molecule has 25 heavy (non-hydrogen) atoms. The molecule has 1 amide bonds. The van der Waals surface area contributed by atoms with Crippen LogP contribution in [-0.4, -0.2) is 69.2 Å². The summed E-state index contributed by atoms with van der Waals surface area (Å²) in [5.74, 6) is 0. The molecular weight excluding hydrogens is 342 g/mol. The third-order valence-corrected chi connectivity index (χ3v) is 5.27. The monoisotopic (exact) mass is 369 g/mol. The van der Waals surface area contributed by atoms with Gasteiger partial charge in [-0.1, -0.05) is 18.2 Å². The Morgan fingerprint density at radius 3 is 2.28 bits per heavy atom. The number of rotatable bonds is 5. The summed E-state index contributed by atoms with van der Waals surface area (Å²) in [4.78, 5) is 16.1. The molecule has 1 aromatic rings. The van der Waals surface area contributed by atoms with Crippen molar-refractivity contribution in [2.45, 2.75) is 31.3 Å². The topological polar surface area (TPSA) is 79.0 Å². The summed E-state index contributed by atoms with van der Waals surface area (Å²) in [5.41, 5.74) is -0.496. The predicted molar refractivity (Wildman–Crippen MR) is 95.9 cm³/mol. The van der Waals surface area contributed by atoms with E-state index in [-0.39, 0.29) is 11.0 Å². The van der Waals surface area contributed by atoms with Gasteiger partial charge < -0.3 is 9.64 Å². The quantitative estimate of drug-likeness (QED) is 0.851. The molecule has 8 heteroatoms. The lowest BCUT2D eigenvalue weighted by atomic mass is 10.2. The van der Waals surface area contributed by atoms with Crippen LogP contribution >= 0.6 is 0 Å². The summed E-state index contributed by atoms with van der Waals surface area (Å²) in [6.07, 6.45) is -0.295. The molecule has 1 aromatic carbocycles. The lowest BCUT2D eigenvalue weighted by Gasteiger charge is -2.35. The van der Waals surface area contributed by atoms with Crippen LogP contribution in [0.25, 0.3) is 0 Å². The van der Waals surface area contributed by atoms with E-state index in [1.807, 2.05) is 20.8 Å². The Morgan fingerprint density at radius 1 is 1.12 bits per heavy atom. The number of carbonyl (C=O) groups is 1. The minimum Gasteiger partial charge on any atom is -0.444 e. The van der Waals surface area contributed by atoms with Gasteiger partial charge in [0.05, 0.1) is 4.90 Å². The summed E-state index contributed by atoms with van der Waals surface area (Å²) in [7, 11) is -3.47. The number of sulfonamides is 1. The molecular formula is C17H27N3O4S. The normalized spacial score (nSPS) is 16.7. The zero-order valence-electron chi connectivity index (χ0n) is 15.1. The first-order valence-electron chi connectivity index (χ1n) is 8.42. The average Bonchev–Trinajstić information content (AvgIpc) is 2.54. The van der Waals surface area contributed by atoms with Crippen LogP contribution in [0.4, 0.5) is 4.79 Å². The van der Waals surface area contributed by atoms with Crippen LogP contribution < -0.4 is 4.72 Å². The molecule has 7 nitrogen and oxygen atoms in total. The predicted octanol–water partition coefficient (Wildman–Crippen LogP) is 1.52. The summed E-state index contributed by atoms with van der Waals surface area (Å²) in [5, 5.41) is 0. The molecule has 1 fully saturated rings. The fraction of sp³-hybridized carbons (Fsp3) is 0.588. The maximum absolute atomic E-state index is 12.1. The first-order valence-corrected chi connectivity index (χ1v) is 9.91. The zero-order chi connectivity index (χ0) is 18.5. The SMILES string of the molecule is CC(C)(C)OC(=O)N1CCN(CCNS(=O)(=O)c2ccccc2)CC1. The molecule has 0 saturated carbocycles. The largest absolute Gasteiger partial charge is 0.444 e. The van der Waals surface area contributed by atoms with Crippen molar-refractivity contribution in [1.82, 2.24) is 14.5 Å². The van der Waals surface area contributed by atoms with E-state index in [1.165, 1.54) is 0 Å². The van der Waals surface area contributed by atoms with Crippen molar-refractivity contribution in [2.24, 2.45) is 0 Å². The number of piperazine rings is 1. The van der Waals surface area contributed by atoms with Crippen LogP contribution in [0.1, 0.15) is 20.8 Å². The van der Waals surface area contributed by atoms with Crippen molar-refractivity contribution in [3.63, 3.8) is 0 Å². The number of amides is 1. The van der Waals surface area contributed by atoms with E-state index < -0.39 is 15.6 Å². The van der Waals surface area contributed by atoms with Crippen molar-refractivity contribution in [3.05, 3.63) is 30.3 Å². The van der Waals surface area contributed by atoms with Crippen molar-refractivity contribution < 1.29 is 17.9 Å². The number of nitrogens with zero attached hydrogens (tertiary/aromatic N) is 2. The average molecular weight is 369 g/mol. The number of nitrogens with one attached hydrogen (secondary N) is 1. The molecule has 1 N–H and O–H groups in total. The van der Waals surface area contributed by atoms with Crippen LogP contribution in [0, 0.1) is 0 Å². The van der Waals surface area contributed by atoms with Gasteiger partial charge in [-0.15, -0.1) is 0 Å². The highest BCUT2D eigenvalue weighted by Gasteiger charge is 2.25. The van der Waals surface area contributed by atoms with E-state index >= 15 is 0 Å². The Bertz CT molecular complexity index is 663. The summed E-state index contributed by atoms with van der Waals surface area (Å²) in [6, 6.07) is 8.32. The van der Waals surface area contributed by atoms with Crippen LogP contribution in [0.3, 0.4) is 0 Å². The third-order valence-electron chi connectivity index (χ3n) is 3.80. The maximum atomic E-state index is 12.1. The van der Waals surface area contributed by atoms with Crippen LogP contribution in [0.2, 0.25) is 0 Å². The molecule has 0 aliphatic carbocycles. The first kappa shape index (κ1) is 19.7. The number of ether oxygens (including phenoxy) is 1. The Morgan fingerprint density at radius 2 is 1.72 bits per heavy atom. The van der Waals surface area contributed by atoms with Crippen LogP contribution in [0.15, 0.2) is 35.2 Å². The van der Waals surface area contributed by atoms with Crippen LogP contribution in [-0.2, 0) is 14.8 Å². The summed E-state index contributed by atoms with van der Waals surface area (Å²) < 4.78 is 32.3. The van der Waals surface area contributed by atoms with E-state index in [0.717, 1.165) is 0 Å². The van der Waals surface area contributed by atoms with Crippen LogP contribution in [0.5, 0.6) is 0 Å². The zero-order valence-corrected chi connectivity index (χ0v) is 15.9. The van der Waals surface area contributed by atoms with E-state index in [2.05, 4.69) is 9.62 Å². The smallest absolute Gasteiger partial charge is 0.410 e.